The Labute approximate surface area is 146 Å². The van der Waals surface area contributed by atoms with Crippen LogP contribution in [-0.4, -0.2) is 39.3 Å². The maximum absolute atomic E-state index is 9.50. The summed E-state index contributed by atoms with van der Waals surface area (Å²) in [7, 11) is 4.53. The number of nitrogens with one attached hydrogen (secondary N) is 1. The normalized spacial score (nSPS) is 10.0. The molecule has 0 bridgehead atoms. The summed E-state index contributed by atoms with van der Waals surface area (Å²) in [6.07, 6.45) is 0. The van der Waals surface area contributed by atoms with Crippen LogP contribution in [0.5, 0.6) is 5.75 Å². The van der Waals surface area contributed by atoms with Gasteiger partial charge < -0.3 is 14.4 Å². The van der Waals surface area contributed by atoms with Crippen LogP contribution in [0.3, 0.4) is 0 Å². The van der Waals surface area contributed by atoms with Gasteiger partial charge in [0.2, 0.25) is 0 Å². The second-order valence-electron chi connectivity index (χ2n) is 4.81. The zero-order chi connectivity index (χ0) is 17.1. The van der Waals surface area contributed by atoms with Gasteiger partial charge in [-0.25, -0.2) is 0 Å². The maximum atomic E-state index is 9.50. The summed E-state index contributed by atoms with van der Waals surface area (Å²) in [5.41, 5.74) is 0.966. The molecule has 0 amide bonds. The van der Waals surface area contributed by atoms with Gasteiger partial charge in [-0.3, -0.25) is 4.39 Å². The molecule has 2 aromatic carbocycles. The molecule has 0 unspecified atom stereocenters. The van der Waals surface area contributed by atoms with Crippen LogP contribution in [-0.2, 0) is 0 Å². The van der Waals surface area contributed by atoms with Gasteiger partial charge in [0.05, 0.1) is 12.2 Å². The number of hydrogen-bond acceptors (Lipinski definition) is 4. The Kier molecular flexibility index (Phi) is 9.52. The van der Waals surface area contributed by atoms with Crippen LogP contribution >= 0.6 is 23.5 Å². The van der Waals surface area contributed by atoms with Crippen molar-refractivity contribution in [1.29, 1.82) is 0 Å². The number of halogens is 2. The van der Waals surface area contributed by atoms with E-state index >= 15 is 0 Å². The van der Waals surface area contributed by atoms with Crippen LogP contribution in [0.4, 0.5) is 10.1 Å². The highest BCUT2D eigenvalue weighted by atomic mass is 35.5. The van der Waals surface area contributed by atoms with Crippen LogP contribution in [0, 0.1) is 0 Å². The Morgan fingerprint density at radius 1 is 1.13 bits per heavy atom. The fourth-order valence-electron chi connectivity index (χ4n) is 1.62. The van der Waals surface area contributed by atoms with Gasteiger partial charge >= 0.3 is 0 Å². The lowest BCUT2D eigenvalue weighted by atomic mass is 10.3. The number of benzene rings is 2. The lowest BCUT2D eigenvalue weighted by Crippen LogP contribution is -2.19. The first-order chi connectivity index (χ1) is 11.1. The number of anilines is 1. The van der Waals surface area contributed by atoms with E-state index in [4.69, 9.17) is 16.3 Å². The SMILES string of the molecule is CF.CN(C)CCOc1cc(NSc2ccccc2)ccc1Cl. The van der Waals surface area contributed by atoms with E-state index in [1.165, 1.54) is 0 Å². The summed E-state index contributed by atoms with van der Waals surface area (Å²) in [6.45, 7) is 1.47. The fourth-order valence-corrected chi connectivity index (χ4v) is 2.45. The van der Waals surface area contributed by atoms with Crippen LogP contribution < -0.4 is 9.46 Å². The van der Waals surface area contributed by atoms with E-state index in [0.717, 1.165) is 17.1 Å². The molecule has 2 aromatic rings. The maximum Gasteiger partial charge on any atom is 0.140 e. The molecule has 0 saturated carbocycles. The van der Waals surface area contributed by atoms with Gasteiger partial charge in [-0.05, 0) is 50.3 Å². The van der Waals surface area contributed by atoms with E-state index in [2.05, 4.69) is 21.8 Å². The predicted molar refractivity (Wildman–Crippen MR) is 98.5 cm³/mol. The molecule has 0 fully saturated rings. The molecule has 3 nitrogen and oxygen atoms in total. The molecule has 0 radical (unpaired) electrons. The quantitative estimate of drug-likeness (QED) is 0.707. The van der Waals surface area contributed by atoms with Gasteiger partial charge in [-0.1, -0.05) is 29.8 Å². The highest BCUT2D eigenvalue weighted by Gasteiger charge is 2.04. The largest absolute Gasteiger partial charge is 0.491 e. The average molecular weight is 357 g/mol. The molecule has 0 aliphatic heterocycles. The van der Waals surface area contributed by atoms with Gasteiger partial charge in [0.25, 0.3) is 0 Å². The predicted octanol–water partition coefficient (Wildman–Crippen LogP) is 4.99. The van der Waals surface area contributed by atoms with Crippen molar-refractivity contribution >= 4 is 29.2 Å². The van der Waals surface area contributed by atoms with E-state index in [9.17, 15) is 4.39 Å². The molecule has 6 heteroatoms. The van der Waals surface area contributed by atoms with Crippen LogP contribution in [0.25, 0.3) is 0 Å². The number of ether oxygens (including phenoxy) is 1. The first kappa shape index (κ1) is 19.6. The van der Waals surface area contributed by atoms with E-state index in [-0.39, 0.29) is 0 Å². The average Bonchev–Trinajstić information content (AvgIpc) is 2.58. The molecule has 126 valence electrons. The molecular formula is C17H22ClFN2OS. The van der Waals surface area contributed by atoms with Crippen LogP contribution in [0.2, 0.25) is 5.02 Å². The lowest BCUT2D eigenvalue weighted by molar-refractivity contribution is 0.261. The van der Waals surface area contributed by atoms with Crippen molar-refractivity contribution in [2.75, 3.05) is 39.1 Å². The van der Waals surface area contributed by atoms with Crippen molar-refractivity contribution in [2.24, 2.45) is 0 Å². The zero-order valence-corrected chi connectivity index (χ0v) is 15.1. The molecule has 0 saturated heterocycles. The molecule has 23 heavy (non-hydrogen) atoms. The topological polar surface area (TPSA) is 24.5 Å². The minimum Gasteiger partial charge on any atom is -0.491 e. The molecule has 0 spiro atoms. The fraction of sp³-hybridized carbons (Fsp3) is 0.294. The Hall–Kier alpha value is -1.43. The third-order valence-electron chi connectivity index (χ3n) is 2.76. The minimum atomic E-state index is 0.500. The summed E-state index contributed by atoms with van der Waals surface area (Å²) >= 11 is 7.72. The smallest absolute Gasteiger partial charge is 0.140 e. The number of hydrogen-bond donors (Lipinski definition) is 1. The standard InChI is InChI=1S/C16H19ClN2OS.CH3F/c1-19(2)10-11-20-16-12-13(8-9-15(16)17)18-21-14-6-4-3-5-7-14;1-2/h3-9,12,18H,10-11H2,1-2H3;1H3. The van der Waals surface area contributed by atoms with Gasteiger partial charge in [0.15, 0.2) is 0 Å². The first-order valence-electron chi connectivity index (χ1n) is 7.08. The van der Waals surface area contributed by atoms with Gasteiger partial charge in [-0.15, -0.1) is 0 Å². The van der Waals surface area contributed by atoms with Crippen molar-refractivity contribution in [3.63, 3.8) is 0 Å². The van der Waals surface area contributed by atoms with Gasteiger partial charge in [0, 0.05) is 23.2 Å². The van der Waals surface area contributed by atoms with E-state index in [1.807, 2.05) is 50.5 Å². The van der Waals surface area contributed by atoms with E-state index < -0.39 is 0 Å². The number of alkyl halides is 1. The Balaban J connectivity index is 0.00000127. The molecule has 0 aromatic heterocycles. The van der Waals surface area contributed by atoms with Crippen molar-refractivity contribution in [3.05, 3.63) is 53.6 Å². The van der Waals surface area contributed by atoms with Gasteiger partial charge in [-0.2, -0.15) is 0 Å². The summed E-state index contributed by atoms with van der Waals surface area (Å²) in [5.74, 6) is 0.706. The molecule has 0 aliphatic carbocycles. The lowest BCUT2D eigenvalue weighted by Gasteiger charge is -2.13. The number of rotatable bonds is 7. The van der Waals surface area contributed by atoms with Crippen molar-refractivity contribution in [2.45, 2.75) is 4.90 Å². The molecule has 1 N–H and O–H groups in total. The van der Waals surface area contributed by atoms with Crippen LogP contribution in [0.1, 0.15) is 0 Å². The summed E-state index contributed by atoms with van der Waals surface area (Å²) in [5, 5.41) is 0.629. The Morgan fingerprint density at radius 3 is 2.48 bits per heavy atom. The monoisotopic (exact) mass is 356 g/mol. The summed E-state index contributed by atoms with van der Waals surface area (Å²) in [6, 6.07) is 15.9. The number of nitrogens with zero attached hydrogens (tertiary/aromatic N) is 1. The zero-order valence-electron chi connectivity index (χ0n) is 13.6. The van der Waals surface area contributed by atoms with Crippen molar-refractivity contribution in [1.82, 2.24) is 4.90 Å². The Morgan fingerprint density at radius 2 is 1.83 bits per heavy atom. The molecular weight excluding hydrogens is 335 g/mol. The van der Waals surface area contributed by atoms with E-state index in [0.29, 0.717) is 24.6 Å². The minimum absolute atomic E-state index is 0.500. The van der Waals surface area contributed by atoms with Crippen LogP contribution in [0.15, 0.2) is 53.4 Å². The molecule has 0 aliphatic rings. The van der Waals surface area contributed by atoms with Crippen molar-refractivity contribution in [3.8, 4) is 5.75 Å². The molecule has 0 heterocycles. The van der Waals surface area contributed by atoms with Crippen molar-refractivity contribution < 1.29 is 9.13 Å². The number of likely N-dealkylation sites (N-methyl/N-ethyl adjacent to an activating group) is 1. The first-order valence-corrected chi connectivity index (χ1v) is 8.27. The Bertz CT molecular complexity index is 570. The van der Waals surface area contributed by atoms with Gasteiger partial charge in [0.1, 0.15) is 12.4 Å². The second kappa shape index (κ2) is 11.2. The highest BCUT2D eigenvalue weighted by molar-refractivity contribution is 8.00. The molecule has 2 rings (SSSR count). The summed E-state index contributed by atoms with van der Waals surface area (Å²) in [4.78, 5) is 3.23. The van der Waals surface area contributed by atoms with E-state index in [1.54, 1.807) is 11.9 Å². The second-order valence-corrected chi connectivity index (χ2v) is 6.10. The molecule has 0 atom stereocenters. The third kappa shape index (κ3) is 7.59. The third-order valence-corrected chi connectivity index (χ3v) is 3.92. The summed E-state index contributed by atoms with van der Waals surface area (Å²) < 4.78 is 18.5. The highest BCUT2D eigenvalue weighted by Crippen LogP contribution is 2.30.